The molecule has 0 radical (unpaired) electrons. The van der Waals surface area contributed by atoms with Crippen LogP contribution in [0.4, 0.5) is 0 Å². The first-order valence-electron chi connectivity index (χ1n) is 8.89. The number of esters is 1. The highest BCUT2D eigenvalue weighted by Gasteiger charge is 2.17. The average molecular weight is 363 g/mol. The predicted octanol–water partition coefficient (Wildman–Crippen LogP) is 3.08. The van der Waals surface area contributed by atoms with E-state index in [1.807, 2.05) is 30.3 Å². The van der Waals surface area contributed by atoms with Crippen LogP contribution < -0.4 is 5.32 Å². The summed E-state index contributed by atoms with van der Waals surface area (Å²) in [6.07, 6.45) is 4.64. The molecule has 0 saturated carbocycles. The van der Waals surface area contributed by atoms with Gasteiger partial charge in [-0.3, -0.25) is 9.59 Å². The summed E-state index contributed by atoms with van der Waals surface area (Å²) in [5.41, 5.74) is 3.74. The molecule has 2 aromatic carbocycles. The zero-order chi connectivity index (χ0) is 19.2. The van der Waals surface area contributed by atoms with Gasteiger partial charge in [0.2, 0.25) is 5.91 Å². The summed E-state index contributed by atoms with van der Waals surface area (Å²) in [5.74, 6) is -1.40. The number of rotatable bonds is 6. The molecular weight excluding hydrogens is 342 g/mol. The number of ketones is 1. The van der Waals surface area contributed by atoms with Gasteiger partial charge in [0, 0.05) is 12.5 Å². The summed E-state index contributed by atoms with van der Waals surface area (Å²) < 4.78 is 5.14. The van der Waals surface area contributed by atoms with Gasteiger partial charge >= 0.3 is 5.97 Å². The molecule has 0 aromatic heterocycles. The third kappa shape index (κ3) is 4.91. The summed E-state index contributed by atoms with van der Waals surface area (Å²) >= 11 is 0. The van der Waals surface area contributed by atoms with Gasteiger partial charge in [-0.2, -0.15) is 0 Å². The van der Waals surface area contributed by atoms with Crippen molar-refractivity contribution >= 4 is 23.7 Å². The summed E-state index contributed by atoms with van der Waals surface area (Å²) in [7, 11) is 0. The fourth-order valence-electron chi connectivity index (χ4n) is 3.09. The molecule has 3 rings (SSSR count). The van der Waals surface area contributed by atoms with Crippen molar-refractivity contribution in [3.63, 3.8) is 0 Å². The first kappa shape index (κ1) is 18.6. The lowest BCUT2D eigenvalue weighted by molar-refractivity contribution is -0.139. The molecule has 0 heterocycles. The topological polar surface area (TPSA) is 72.5 Å². The Hall–Kier alpha value is -3.21. The molecule has 0 bridgehead atoms. The highest BCUT2D eigenvalue weighted by molar-refractivity contribution is 6.01. The van der Waals surface area contributed by atoms with E-state index in [9.17, 15) is 14.4 Å². The standard InChI is InChI=1S/C22H21NO4/c1-15(24)23-20(12-16-6-3-2-4-7-16)22(26)27-14-21(25)19-11-10-17-8-5-9-18(17)13-19/h2-4,6-7,10-13H,5,8-9,14H2,1H3,(H,23,24)/b20-12-. The number of hydrogen-bond donors (Lipinski definition) is 1. The molecule has 0 aliphatic heterocycles. The number of carbonyl (C=O) groups excluding carboxylic acids is 3. The van der Waals surface area contributed by atoms with Crippen molar-refractivity contribution in [1.29, 1.82) is 0 Å². The van der Waals surface area contributed by atoms with Crippen molar-refractivity contribution in [2.45, 2.75) is 26.2 Å². The van der Waals surface area contributed by atoms with E-state index < -0.39 is 5.97 Å². The average Bonchev–Trinajstić information content (AvgIpc) is 3.13. The third-order valence-corrected chi connectivity index (χ3v) is 4.40. The van der Waals surface area contributed by atoms with Crippen LogP contribution in [0.15, 0.2) is 54.2 Å². The molecule has 0 fully saturated rings. The highest BCUT2D eigenvalue weighted by Crippen LogP contribution is 2.23. The normalized spacial score (nSPS) is 13.0. The predicted molar refractivity (Wildman–Crippen MR) is 102 cm³/mol. The quantitative estimate of drug-likeness (QED) is 0.486. The highest BCUT2D eigenvalue weighted by atomic mass is 16.5. The van der Waals surface area contributed by atoms with Crippen LogP contribution in [0.2, 0.25) is 0 Å². The Kier molecular flexibility index (Phi) is 5.81. The second-order valence-electron chi connectivity index (χ2n) is 6.49. The number of Topliss-reactive ketones (excluding diaryl/α,β-unsaturated/α-hetero) is 1. The lowest BCUT2D eigenvalue weighted by Gasteiger charge is -2.09. The van der Waals surface area contributed by atoms with E-state index in [1.54, 1.807) is 18.2 Å². The number of aryl methyl sites for hydroxylation is 2. The van der Waals surface area contributed by atoms with Crippen LogP contribution in [0.3, 0.4) is 0 Å². The SMILES string of the molecule is CC(=O)N/C(=C\c1ccccc1)C(=O)OCC(=O)c1ccc2c(c1)CCC2. The van der Waals surface area contributed by atoms with Gasteiger partial charge < -0.3 is 10.1 Å². The van der Waals surface area contributed by atoms with Crippen molar-refractivity contribution in [3.05, 3.63) is 76.5 Å². The van der Waals surface area contributed by atoms with Crippen molar-refractivity contribution < 1.29 is 19.1 Å². The van der Waals surface area contributed by atoms with Crippen LogP contribution in [0.5, 0.6) is 0 Å². The summed E-state index contributed by atoms with van der Waals surface area (Å²) in [6, 6.07) is 14.7. The lowest BCUT2D eigenvalue weighted by Crippen LogP contribution is -2.27. The maximum Gasteiger partial charge on any atom is 0.355 e. The van der Waals surface area contributed by atoms with Gasteiger partial charge in [0.1, 0.15) is 5.70 Å². The zero-order valence-electron chi connectivity index (χ0n) is 15.2. The summed E-state index contributed by atoms with van der Waals surface area (Å²) in [5, 5.41) is 2.46. The van der Waals surface area contributed by atoms with Crippen LogP contribution in [0.1, 0.15) is 40.4 Å². The van der Waals surface area contributed by atoms with Gasteiger partial charge in [0.05, 0.1) is 0 Å². The number of benzene rings is 2. The maximum atomic E-state index is 12.4. The molecule has 1 aliphatic carbocycles. The van der Waals surface area contributed by atoms with Gasteiger partial charge in [-0.15, -0.1) is 0 Å². The molecular formula is C22H21NO4. The van der Waals surface area contributed by atoms with Gasteiger partial charge in [-0.05, 0) is 48.1 Å². The fourth-order valence-corrected chi connectivity index (χ4v) is 3.09. The molecule has 1 aliphatic rings. The minimum Gasteiger partial charge on any atom is -0.453 e. The van der Waals surface area contributed by atoms with Crippen molar-refractivity contribution in [3.8, 4) is 0 Å². The Labute approximate surface area is 158 Å². The van der Waals surface area contributed by atoms with E-state index >= 15 is 0 Å². The van der Waals surface area contributed by atoms with E-state index in [1.165, 1.54) is 24.1 Å². The first-order chi connectivity index (χ1) is 13.0. The number of hydrogen-bond acceptors (Lipinski definition) is 4. The van der Waals surface area contributed by atoms with Crippen LogP contribution in [-0.4, -0.2) is 24.3 Å². The minimum absolute atomic E-state index is 0.00421. The van der Waals surface area contributed by atoms with Gasteiger partial charge in [-0.1, -0.05) is 42.5 Å². The number of fused-ring (bicyclic) bond motifs is 1. The van der Waals surface area contributed by atoms with E-state index in [0.717, 1.165) is 24.8 Å². The molecule has 0 saturated heterocycles. The molecule has 0 atom stereocenters. The minimum atomic E-state index is -0.747. The summed E-state index contributed by atoms with van der Waals surface area (Å²) in [6.45, 7) is 0.936. The van der Waals surface area contributed by atoms with Crippen molar-refractivity contribution in [2.24, 2.45) is 0 Å². The fraction of sp³-hybridized carbons (Fsp3) is 0.227. The van der Waals surface area contributed by atoms with E-state index in [-0.39, 0.29) is 24.0 Å². The Morgan fingerprint density at radius 1 is 1.04 bits per heavy atom. The number of nitrogens with one attached hydrogen (secondary N) is 1. The zero-order valence-corrected chi connectivity index (χ0v) is 15.2. The van der Waals surface area contributed by atoms with Crippen LogP contribution in [0.25, 0.3) is 6.08 Å². The molecule has 1 amide bonds. The smallest absolute Gasteiger partial charge is 0.355 e. The molecule has 5 nitrogen and oxygen atoms in total. The maximum absolute atomic E-state index is 12.4. The molecule has 0 spiro atoms. The number of amides is 1. The van der Waals surface area contributed by atoms with Gasteiger partial charge in [0.15, 0.2) is 12.4 Å². The second-order valence-corrected chi connectivity index (χ2v) is 6.49. The Morgan fingerprint density at radius 3 is 2.52 bits per heavy atom. The molecule has 0 unspecified atom stereocenters. The van der Waals surface area contributed by atoms with Crippen LogP contribution in [-0.2, 0) is 27.2 Å². The van der Waals surface area contributed by atoms with Crippen molar-refractivity contribution in [2.75, 3.05) is 6.61 Å². The Balaban J connectivity index is 1.67. The lowest BCUT2D eigenvalue weighted by atomic mass is 10.0. The largest absolute Gasteiger partial charge is 0.453 e. The van der Waals surface area contributed by atoms with E-state index in [0.29, 0.717) is 5.56 Å². The molecule has 1 N–H and O–H groups in total. The third-order valence-electron chi connectivity index (χ3n) is 4.40. The van der Waals surface area contributed by atoms with Gasteiger partial charge in [0.25, 0.3) is 0 Å². The summed E-state index contributed by atoms with van der Waals surface area (Å²) in [4.78, 5) is 36.1. The van der Waals surface area contributed by atoms with E-state index in [2.05, 4.69) is 5.32 Å². The number of ether oxygens (including phenoxy) is 1. The molecule has 27 heavy (non-hydrogen) atoms. The first-order valence-corrected chi connectivity index (χ1v) is 8.89. The van der Waals surface area contributed by atoms with E-state index in [4.69, 9.17) is 4.74 Å². The monoisotopic (exact) mass is 363 g/mol. The number of carbonyl (C=O) groups is 3. The van der Waals surface area contributed by atoms with Crippen molar-refractivity contribution in [1.82, 2.24) is 5.32 Å². The molecule has 2 aromatic rings. The van der Waals surface area contributed by atoms with Crippen LogP contribution >= 0.6 is 0 Å². The second kappa shape index (κ2) is 8.45. The van der Waals surface area contributed by atoms with Gasteiger partial charge in [-0.25, -0.2) is 4.79 Å². The van der Waals surface area contributed by atoms with Crippen LogP contribution in [0, 0.1) is 0 Å². The molecule has 5 heteroatoms. The Morgan fingerprint density at radius 2 is 1.78 bits per heavy atom. The Bertz CT molecular complexity index is 900. The molecule has 138 valence electrons.